The molecule has 2 fully saturated rings. The summed E-state index contributed by atoms with van der Waals surface area (Å²) in [6.45, 7) is 1.72. The molecule has 0 bridgehead atoms. The predicted molar refractivity (Wildman–Crippen MR) is 136 cm³/mol. The second-order valence-electron chi connectivity index (χ2n) is 8.83. The third-order valence-electron chi connectivity index (χ3n) is 6.53. The van der Waals surface area contributed by atoms with Crippen molar-refractivity contribution < 1.29 is 14.4 Å². The molecule has 0 amide bonds. The van der Waals surface area contributed by atoms with E-state index in [1.807, 2.05) is 24.3 Å². The van der Waals surface area contributed by atoms with E-state index in [1.165, 1.54) is 0 Å². The number of hydrogen-bond donors (Lipinski definition) is 1. The van der Waals surface area contributed by atoms with E-state index in [0.717, 1.165) is 55.8 Å². The summed E-state index contributed by atoms with van der Waals surface area (Å²) in [4.78, 5) is 13.5. The highest BCUT2D eigenvalue weighted by Gasteiger charge is 2.32. The van der Waals surface area contributed by atoms with Gasteiger partial charge < -0.3 is 14.5 Å². The number of aromatic nitrogens is 1. The molecule has 2 aliphatic rings. The lowest BCUT2D eigenvalue weighted by Gasteiger charge is -2.32. The molecule has 2 aromatic carbocycles. The van der Waals surface area contributed by atoms with Crippen molar-refractivity contribution in [2.75, 3.05) is 18.0 Å². The Morgan fingerprint density at radius 3 is 2.35 bits per heavy atom. The largest absolute Gasteiger partial charge is 0.478 e. The normalized spacial score (nSPS) is 17.0. The standard InChI is InChI=1S/C26H23Cl3N2O3/c27-20-2-1-3-21(28)23(20)24-19(25(34-30-24)16-5-6-16)8-4-15-10-12-31(13-11-15)17-7-9-18(26(32)33)22(29)14-17/h1-4,7-9,14-16H,5-6,10-13H2,(H,32,33)/b8-4+. The van der Waals surface area contributed by atoms with Gasteiger partial charge in [0.1, 0.15) is 11.5 Å². The van der Waals surface area contributed by atoms with Crippen molar-refractivity contribution in [2.24, 2.45) is 5.92 Å². The zero-order valence-corrected chi connectivity index (χ0v) is 20.6. The van der Waals surface area contributed by atoms with Gasteiger partial charge in [-0.05, 0) is 61.9 Å². The van der Waals surface area contributed by atoms with Crippen LogP contribution in [0.4, 0.5) is 5.69 Å². The van der Waals surface area contributed by atoms with E-state index in [4.69, 9.17) is 39.3 Å². The Balaban J connectivity index is 1.33. The molecule has 1 saturated carbocycles. The second kappa shape index (κ2) is 9.65. The Hall–Kier alpha value is -2.47. The summed E-state index contributed by atoms with van der Waals surface area (Å²) in [5.41, 5.74) is 3.44. The van der Waals surface area contributed by atoms with E-state index in [1.54, 1.807) is 12.1 Å². The van der Waals surface area contributed by atoms with Crippen LogP contribution in [0.2, 0.25) is 15.1 Å². The smallest absolute Gasteiger partial charge is 0.337 e. The van der Waals surface area contributed by atoms with Crippen molar-refractivity contribution in [2.45, 2.75) is 31.6 Å². The van der Waals surface area contributed by atoms with Crippen molar-refractivity contribution in [1.29, 1.82) is 0 Å². The fourth-order valence-electron chi connectivity index (χ4n) is 4.47. The van der Waals surface area contributed by atoms with Gasteiger partial charge in [0, 0.05) is 35.8 Å². The number of aromatic carboxylic acids is 1. The highest BCUT2D eigenvalue weighted by atomic mass is 35.5. The van der Waals surface area contributed by atoms with Crippen LogP contribution < -0.4 is 4.90 Å². The van der Waals surface area contributed by atoms with Crippen LogP contribution in [0.3, 0.4) is 0 Å². The maximum absolute atomic E-state index is 11.2. The molecular weight excluding hydrogens is 495 g/mol. The SMILES string of the molecule is O=C(O)c1ccc(N2CCC(/C=C/c3c(-c4c(Cl)cccc4Cl)noc3C3CC3)CC2)cc1Cl. The van der Waals surface area contributed by atoms with Gasteiger partial charge in [0.2, 0.25) is 0 Å². The molecule has 1 saturated heterocycles. The van der Waals surface area contributed by atoms with Gasteiger partial charge in [-0.1, -0.05) is 58.2 Å². The highest BCUT2D eigenvalue weighted by Crippen LogP contribution is 2.46. The van der Waals surface area contributed by atoms with Crippen LogP contribution >= 0.6 is 34.8 Å². The molecule has 2 heterocycles. The lowest BCUT2D eigenvalue weighted by Crippen LogP contribution is -2.33. The molecular formula is C26H23Cl3N2O3. The zero-order valence-electron chi connectivity index (χ0n) is 18.3. The minimum absolute atomic E-state index is 0.123. The van der Waals surface area contributed by atoms with E-state index >= 15 is 0 Å². The van der Waals surface area contributed by atoms with Crippen LogP contribution in [-0.2, 0) is 0 Å². The van der Waals surface area contributed by atoms with E-state index in [-0.39, 0.29) is 10.6 Å². The Morgan fingerprint density at radius 2 is 1.74 bits per heavy atom. The number of allylic oxidation sites excluding steroid dienone is 1. The molecule has 0 atom stereocenters. The van der Waals surface area contributed by atoms with Gasteiger partial charge in [-0.3, -0.25) is 0 Å². The summed E-state index contributed by atoms with van der Waals surface area (Å²) in [6.07, 6.45) is 8.52. The number of rotatable bonds is 6. The minimum Gasteiger partial charge on any atom is -0.478 e. The summed E-state index contributed by atoms with van der Waals surface area (Å²) < 4.78 is 5.76. The van der Waals surface area contributed by atoms with Crippen molar-refractivity contribution in [3.8, 4) is 11.3 Å². The molecule has 3 aromatic rings. The summed E-state index contributed by atoms with van der Waals surface area (Å²) in [5, 5.41) is 14.9. The third-order valence-corrected chi connectivity index (χ3v) is 7.47. The molecule has 5 rings (SSSR count). The molecule has 1 N–H and O–H groups in total. The monoisotopic (exact) mass is 516 g/mol. The first-order valence-electron chi connectivity index (χ1n) is 11.3. The Morgan fingerprint density at radius 1 is 1.03 bits per heavy atom. The Kier molecular flexibility index (Phi) is 6.61. The lowest BCUT2D eigenvalue weighted by atomic mass is 9.94. The van der Waals surface area contributed by atoms with Gasteiger partial charge in [-0.25, -0.2) is 4.79 Å². The molecule has 1 aromatic heterocycles. The fraction of sp³-hybridized carbons (Fsp3) is 0.308. The van der Waals surface area contributed by atoms with Gasteiger partial charge in [0.15, 0.2) is 0 Å². The predicted octanol–water partition coefficient (Wildman–Crippen LogP) is 7.81. The van der Waals surface area contributed by atoms with Gasteiger partial charge in [0.05, 0.1) is 20.6 Å². The van der Waals surface area contributed by atoms with E-state index in [2.05, 4.69) is 22.2 Å². The number of hydrogen-bond acceptors (Lipinski definition) is 4. The van der Waals surface area contributed by atoms with Crippen molar-refractivity contribution in [1.82, 2.24) is 5.16 Å². The minimum atomic E-state index is -1.02. The van der Waals surface area contributed by atoms with Crippen LogP contribution in [0, 0.1) is 5.92 Å². The molecule has 34 heavy (non-hydrogen) atoms. The summed E-state index contributed by atoms with van der Waals surface area (Å²) in [6, 6.07) is 10.6. The number of halogens is 3. The average Bonchev–Trinajstić information content (AvgIpc) is 3.58. The van der Waals surface area contributed by atoms with E-state index in [0.29, 0.717) is 33.1 Å². The number of nitrogens with zero attached hydrogens (tertiary/aromatic N) is 2. The van der Waals surface area contributed by atoms with Crippen molar-refractivity contribution in [3.05, 3.63) is 74.4 Å². The zero-order chi connectivity index (χ0) is 23.8. The lowest BCUT2D eigenvalue weighted by molar-refractivity contribution is 0.0697. The third kappa shape index (κ3) is 4.70. The van der Waals surface area contributed by atoms with Gasteiger partial charge in [-0.2, -0.15) is 0 Å². The van der Waals surface area contributed by atoms with Crippen molar-refractivity contribution >= 4 is 52.5 Å². The topological polar surface area (TPSA) is 66.6 Å². The van der Waals surface area contributed by atoms with Gasteiger partial charge in [0.25, 0.3) is 0 Å². The number of carboxylic acids is 1. The fourth-order valence-corrected chi connectivity index (χ4v) is 5.30. The number of benzene rings is 2. The van der Waals surface area contributed by atoms with Crippen LogP contribution in [0.25, 0.3) is 17.3 Å². The van der Waals surface area contributed by atoms with Crippen LogP contribution in [0.1, 0.15) is 53.3 Å². The maximum Gasteiger partial charge on any atom is 0.337 e. The number of anilines is 1. The molecule has 0 unspecified atom stereocenters. The first-order valence-corrected chi connectivity index (χ1v) is 12.5. The quantitative estimate of drug-likeness (QED) is 0.361. The van der Waals surface area contributed by atoms with E-state index < -0.39 is 5.97 Å². The molecule has 8 heteroatoms. The number of carboxylic acid groups (broad SMARTS) is 1. The molecule has 1 aliphatic heterocycles. The summed E-state index contributed by atoms with van der Waals surface area (Å²) in [5.74, 6) is 0.703. The average molecular weight is 518 g/mol. The molecule has 176 valence electrons. The van der Waals surface area contributed by atoms with E-state index in [9.17, 15) is 9.90 Å². The number of carbonyl (C=O) groups is 1. The summed E-state index contributed by atoms with van der Waals surface area (Å²) >= 11 is 19.1. The Labute approximate surface area is 212 Å². The molecule has 5 nitrogen and oxygen atoms in total. The summed E-state index contributed by atoms with van der Waals surface area (Å²) in [7, 11) is 0. The first-order chi connectivity index (χ1) is 16.4. The number of piperidine rings is 1. The molecule has 0 radical (unpaired) electrons. The second-order valence-corrected chi connectivity index (χ2v) is 10.1. The molecule has 1 aliphatic carbocycles. The van der Waals surface area contributed by atoms with Crippen LogP contribution in [0.15, 0.2) is 47.0 Å². The van der Waals surface area contributed by atoms with Gasteiger partial charge in [-0.15, -0.1) is 0 Å². The van der Waals surface area contributed by atoms with Crippen LogP contribution in [-0.4, -0.2) is 29.3 Å². The van der Waals surface area contributed by atoms with Gasteiger partial charge >= 0.3 is 5.97 Å². The van der Waals surface area contributed by atoms with Crippen molar-refractivity contribution in [3.63, 3.8) is 0 Å². The maximum atomic E-state index is 11.2. The first kappa shape index (κ1) is 23.3. The Bertz CT molecular complexity index is 1240. The molecule has 0 spiro atoms. The van der Waals surface area contributed by atoms with Crippen LogP contribution in [0.5, 0.6) is 0 Å². The highest BCUT2D eigenvalue weighted by molar-refractivity contribution is 6.39.